The molecule has 2 N–H and O–H groups in total. The van der Waals surface area contributed by atoms with E-state index in [9.17, 15) is 14.4 Å². The molecule has 0 unspecified atom stereocenters. The van der Waals surface area contributed by atoms with Gasteiger partial charge in [0.15, 0.2) is 6.10 Å². The van der Waals surface area contributed by atoms with Crippen molar-refractivity contribution >= 4 is 22.9 Å². The normalized spacial score (nSPS) is 12.3. The third-order valence-corrected chi connectivity index (χ3v) is 3.05. The lowest BCUT2D eigenvalue weighted by Crippen LogP contribution is -2.33. The number of hydrogen-bond acceptors (Lipinski definition) is 4. The van der Waals surface area contributed by atoms with Gasteiger partial charge in [-0.25, -0.2) is 4.79 Å². The molecule has 0 spiro atoms. The predicted octanol–water partition coefficient (Wildman–Crippen LogP) is -0.243. The number of ether oxygens (including phenoxy) is 1. The summed E-state index contributed by atoms with van der Waals surface area (Å²) >= 11 is 0. The minimum atomic E-state index is -1.02. The Kier molecular flexibility index (Phi) is 3.60. The molecule has 0 aliphatic heterocycles. The summed E-state index contributed by atoms with van der Waals surface area (Å²) in [6.45, 7) is 1.11. The summed E-state index contributed by atoms with van der Waals surface area (Å²) in [5, 5.41) is 0. The number of fused-ring (bicyclic) bond motifs is 1. The average molecular weight is 277 g/mol. The molecule has 1 atom stereocenters. The van der Waals surface area contributed by atoms with E-state index in [2.05, 4.69) is 0 Å². The average Bonchev–Trinajstić information content (AvgIpc) is 2.64. The van der Waals surface area contributed by atoms with Crippen LogP contribution < -0.4 is 11.4 Å². The minimum absolute atomic E-state index is 0.266. The number of imidazole rings is 1. The molecule has 1 aromatic heterocycles. The standard InChI is InChI=1S/C13H15N3O4/c1-8(12(14)18)20-11(17)7-16-10-6-4-3-5-9(10)15(2)13(16)19/h3-6,8H,7H2,1-2H3,(H2,14,18)/t8-/m1/s1. The number of amides is 1. The molecular weight excluding hydrogens is 262 g/mol. The van der Waals surface area contributed by atoms with Gasteiger partial charge in [0.1, 0.15) is 6.54 Å². The maximum absolute atomic E-state index is 12.1. The number of rotatable bonds is 4. The number of benzene rings is 1. The van der Waals surface area contributed by atoms with E-state index in [-0.39, 0.29) is 12.2 Å². The first-order chi connectivity index (χ1) is 9.41. The maximum Gasteiger partial charge on any atom is 0.329 e. The van der Waals surface area contributed by atoms with Crippen molar-refractivity contribution in [3.8, 4) is 0 Å². The number of para-hydroxylation sites is 2. The number of hydrogen-bond donors (Lipinski definition) is 1. The zero-order valence-electron chi connectivity index (χ0n) is 11.2. The molecule has 1 amide bonds. The molecule has 0 saturated carbocycles. The van der Waals surface area contributed by atoms with Gasteiger partial charge in [-0.15, -0.1) is 0 Å². The molecule has 1 heterocycles. The Balaban J connectivity index is 2.31. The number of carbonyl (C=O) groups is 2. The van der Waals surface area contributed by atoms with Crippen LogP contribution in [0.5, 0.6) is 0 Å². The Labute approximate surface area is 114 Å². The van der Waals surface area contributed by atoms with Gasteiger partial charge >= 0.3 is 11.7 Å². The third-order valence-electron chi connectivity index (χ3n) is 3.05. The van der Waals surface area contributed by atoms with Crippen molar-refractivity contribution in [2.24, 2.45) is 12.8 Å². The van der Waals surface area contributed by atoms with E-state index < -0.39 is 18.0 Å². The fourth-order valence-corrected chi connectivity index (χ4v) is 1.94. The Morgan fingerprint density at radius 1 is 1.30 bits per heavy atom. The quantitative estimate of drug-likeness (QED) is 0.780. The van der Waals surface area contributed by atoms with Crippen LogP contribution in [0.3, 0.4) is 0 Å². The van der Waals surface area contributed by atoms with Crippen LogP contribution in [0.25, 0.3) is 11.0 Å². The molecule has 106 valence electrons. The molecule has 0 aliphatic rings. The van der Waals surface area contributed by atoms with Gasteiger partial charge in [-0.1, -0.05) is 12.1 Å². The SMILES string of the molecule is C[C@@H](OC(=O)Cn1c(=O)n(C)c2ccccc21)C(N)=O. The van der Waals surface area contributed by atoms with E-state index in [1.807, 2.05) is 0 Å². The highest BCUT2D eigenvalue weighted by atomic mass is 16.5. The summed E-state index contributed by atoms with van der Waals surface area (Å²) in [5.74, 6) is -1.42. The Bertz CT molecular complexity index is 729. The summed E-state index contributed by atoms with van der Waals surface area (Å²) in [6.07, 6.45) is -1.02. The van der Waals surface area contributed by atoms with Crippen molar-refractivity contribution in [3.05, 3.63) is 34.7 Å². The Hall–Kier alpha value is -2.57. The number of nitrogens with zero attached hydrogens (tertiary/aromatic N) is 2. The van der Waals surface area contributed by atoms with Crippen molar-refractivity contribution in [1.82, 2.24) is 9.13 Å². The van der Waals surface area contributed by atoms with Crippen molar-refractivity contribution in [2.75, 3.05) is 0 Å². The van der Waals surface area contributed by atoms with Crippen LogP contribution in [-0.2, 0) is 27.9 Å². The van der Waals surface area contributed by atoms with E-state index in [1.54, 1.807) is 31.3 Å². The van der Waals surface area contributed by atoms with Crippen LogP contribution in [0.15, 0.2) is 29.1 Å². The largest absolute Gasteiger partial charge is 0.451 e. The van der Waals surface area contributed by atoms with Gasteiger partial charge in [-0.3, -0.25) is 18.7 Å². The fraction of sp³-hybridized carbons (Fsp3) is 0.308. The van der Waals surface area contributed by atoms with Crippen LogP contribution in [0.4, 0.5) is 0 Å². The summed E-state index contributed by atoms with van der Waals surface area (Å²) in [4.78, 5) is 34.6. The summed E-state index contributed by atoms with van der Waals surface area (Å²) < 4.78 is 7.59. The van der Waals surface area contributed by atoms with Crippen LogP contribution in [0, 0.1) is 0 Å². The van der Waals surface area contributed by atoms with Crippen molar-refractivity contribution in [1.29, 1.82) is 0 Å². The van der Waals surface area contributed by atoms with Crippen LogP contribution in [-0.4, -0.2) is 27.1 Å². The monoisotopic (exact) mass is 277 g/mol. The maximum atomic E-state index is 12.1. The van der Waals surface area contributed by atoms with Crippen LogP contribution in [0.2, 0.25) is 0 Å². The minimum Gasteiger partial charge on any atom is -0.451 e. The van der Waals surface area contributed by atoms with Gasteiger partial charge in [0.05, 0.1) is 11.0 Å². The van der Waals surface area contributed by atoms with Crippen molar-refractivity contribution in [3.63, 3.8) is 0 Å². The smallest absolute Gasteiger partial charge is 0.329 e. The molecule has 1 aromatic carbocycles. The second-order valence-corrected chi connectivity index (χ2v) is 4.45. The topological polar surface area (TPSA) is 96.3 Å². The second kappa shape index (κ2) is 5.20. The van der Waals surface area contributed by atoms with E-state index >= 15 is 0 Å². The molecule has 2 aromatic rings. The molecule has 0 bridgehead atoms. The zero-order chi connectivity index (χ0) is 14.9. The number of aryl methyl sites for hydroxylation is 1. The highest BCUT2D eigenvalue weighted by Gasteiger charge is 2.18. The van der Waals surface area contributed by atoms with Crippen LogP contribution >= 0.6 is 0 Å². The first-order valence-corrected chi connectivity index (χ1v) is 6.05. The highest BCUT2D eigenvalue weighted by Crippen LogP contribution is 2.11. The van der Waals surface area contributed by atoms with Gasteiger partial charge in [0, 0.05) is 7.05 Å². The summed E-state index contributed by atoms with van der Waals surface area (Å²) in [5.41, 5.74) is 6.03. The molecule has 20 heavy (non-hydrogen) atoms. The van der Waals surface area contributed by atoms with E-state index in [0.29, 0.717) is 11.0 Å². The molecule has 0 fully saturated rings. The van der Waals surface area contributed by atoms with Gasteiger partial charge in [0.25, 0.3) is 5.91 Å². The number of aromatic nitrogens is 2. The van der Waals surface area contributed by atoms with Gasteiger partial charge in [-0.05, 0) is 19.1 Å². The third kappa shape index (κ3) is 2.42. The van der Waals surface area contributed by atoms with Gasteiger partial charge in [-0.2, -0.15) is 0 Å². The lowest BCUT2D eigenvalue weighted by molar-refractivity contribution is -0.154. The number of nitrogens with two attached hydrogens (primary N) is 1. The molecule has 2 rings (SSSR count). The Morgan fingerprint density at radius 3 is 2.50 bits per heavy atom. The lowest BCUT2D eigenvalue weighted by Gasteiger charge is -2.09. The Morgan fingerprint density at radius 2 is 1.90 bits per heavy atom. The van der Waals surface area contributed by atoms with E-state index in [4.69, 9.17) is 10.5 Å². The molecular formula is C13H15N3O4. The van der Waals surface area contributed by atoms with Gasteiger partial charge in [0.2, 0.25) is 0 Å². The summed E-state index contributed by atoms with van der Waals surface area (Å²) in [6, 6.07) is 7.10. The molecule has 0 saturated heterocycles. The lowest BCUT2D eigenvalue weighted by atomic mass is 10.3. The van der Waals surface area contributed by atoms with Crippen molar-refractivity contribution in [2.45, 2.75) is 19.6 Å². The zero-order valence-corrected chi connectivity index (χ0v) is 11.2. The second-order valence-electron chi connectivity index (χ2n) is 4.45. The molecule has 0 radical (unpaired) electrons. The van der Waals surface area contributed by atoms with Gasteiger partial charge < -0.3 is 10.5 Å². The molecule has 0 aliphatic carbocycles. The highest BCUT2D eigenvalue weighted by molar-refractivity contribution is 5.83. The molecule has 7 heteroatoms. The predicted molar refractivity (Wildman–Crippen MR) is 71.9 cm³/mol. The number of carbonyl (C=O) groups excluding carboxylic acids is 2. The first-order valence-electron chi connectivity index (χ1n) is 6.05. The fourth-order valence-electron chi connectivity index (χ4n) is 1.94. The van der Waals surface area contributed by atoms with Crippen molar-refractivity contribution < 1.29 is 14.3 Å². The first kappa shape index (κ1) is 13.9. The van der Waals surface area contributed by atoms with E-state index in [1.165, 1.54) is 16.1 Å². The van der Waals surface area contributed by atoms with E-state index in [0.717, 1.165) is 0 Å². The summed E-state index contributed by atoms with van der Waals surface area (Å²) in [7, 11) is 1.62. The van der Waals surface area contributed by atoms with Crippen LogP contribution in [0.1, 0.15) is 6.92 Å². The number of esters is 1. The number of primary amides is 1. The molecule has 7 nitrogen and oxygen atoms in total.